The van der Waals surface area contributed by atoms with Crippen molar-refractivity contribution in [1.82, 2.24) is 5.32 Å². The van der Waals surface area contributed by atoms with Gasteiger partial charge in [0.25, 0.3) is 0 Å². The average Bonchev–Trinajstić information content (AvgIpc) is 3.76. The Hall–Kier alpha value is -3.32. The summed E-state index contributed by atoms with van der Waals surface area (Å²) in [4.78, 5) is 20.1. The maximum Gasteiger partial charge on any atom is 0.230 e. The van der Waals surface area contributed by atoms with Gasteiger partial charge in [-0.25, -0.2) is 0 Å². The first-order valence-electron chi connectivity index (χ1n) is 13.1. The molecule has 0 bridgehead atoms. The molecule has 2 fully saturated rings. The van der Waals surface area contributed by atoms with E-state index in [0.29, 0.717) is 5.75 Å². The third-order valence-corrected chi connectivity index (χ3v) is 7.40. The summed E-state index contributed by atoms with van der Waals surface area (Å²) in [5.74, 6) is 2.51. The summed E-state index contributed by atoms with van der Waals surface area (Å²) >= 11 is 0. The third-order valence-electron chi connectivity index (χ3n) is 7.40. The van der Waals surface area contributed by atoms with Gasteiger partial charge in [-0.2, -0.15) is 0 Å². The minimum absolute atomic E-state index is 0.150. The molecule has 1 atom stereocenters. The van der Waals surface area contributed by atoms with Gasteiger partial charge in [-0.05, 0) is 82.8 Å². The van der Waals surface area contributed by atoms with Crippen LogP contribution in [0.5, 0.6) is 17.2 Å². The highest BCUT2D eigenvalue weighted by Crippen LogP contribution is 2.45. The number of piperidine rings is 1. The van der Waals surface area contributed by atoms with Crippen molar-refractivity contribution in [2.24, 2.45) is 16.6 Å². The fourth-order valence-corrected chi connectivity index (χ4v) is 5.14. The van der Waals surface area contributed by atoms with Crippen molar-refractivity contribution < 1.29 is 14.3 Å². The summed E-state index contributed by atoms with van der Waals surface area (Å²) in [6, 6.07) is 12.1. The summed E-state index contributed by atoms with van der Waals surface area (Å²) in [6.45, 7) is 4.10. The molecule has 1 saturated heterocycles. The van der Waals surface area contributed by atoms with Crippen LogP contribution < -0.4 is 25.4 Å². The van der Waals surface area contributed by atoms with Crippen molar-refractivity contribution in [2.45, 2.75) is 57.5 Å². The summed E-state index contributed by atoms with van der Waals surface area (Å²) in [7, 11) is 1.64. The smallest absolute Gasteiger partial charge is 0.230 e. The second kappa shape index (κ2) is 10.7. The first-order valence-corrected chi connectivity index (χ1v) is 13.1. The Labute approximate surface area is 213 Å². The van der Waals surface area contributed by atoms with Gasteiger partial charge in [0.05, 0.1) is 18.8 Å². The topological polar surface area (TPSA) is 89.2 Å². The second-order valence-corrected chi connectivity index (χ2v) is 9.97. The second-order valence-electron chi connectivity index (χ2n) is 9.97. The number of carbonyl (C=O) groups is 1. The van der Waals surface area contributed by atoms with Crippen molar-refractivity contribution in [1.29, 1.82) is 0 Å². The van der Waals surface area contributed by atoms with E-state index < -0.39 is 0 Å². The first kappa shape index (κ1) is 24.4. The lowest BCUT2D eigenvalue weighted by Crippen LogP contribution is -2.43. The Morgan fingerprint density at radius 2 is 1.89 bits per heavy atom. The van der Waals surface area contributed by atoms with Crippen LogP contribution in [-0.2, 0) is 11.2 Å². The molecule has 1 saturated carbocycles. The Kier molecular flexibility index (Phi) is 7.28. The molecule has 1 aliphatic carbocycles. The zero-order valence-electron chi connectivity index (χ0n) is 21.2. The standard InChI is InChI=1S/C29H36N4O3/c1-19-6-9-26-27(33(19)29(34)20-7-8-20)11-10-25(21(17-30)18-32-22-12-14-31-15-13-22)28(26)36-24-5-3-4-23(16-24)35-2/h3-5,10-11,16-20,22,31H,6-9,12-15,30H2,1-2H3/t19-/m0/s1. The normalized spacial score (nSPS) is 20.9. The van der Waals surface area contributed by atoms with E-state index in [1.165, 1.54) is 0 Å². The van der Waals surface area contributed by atoms with Crippen molar-refractivity contribution in [3.63, 3.8) is 0 Å². The van der Waals surface area contributed by atoms with Crippen molar-refractivity contribution in [2.75, 3.05) is 25.1 Å². The van der Waals surface area contributed by atoms with Gasteiger partial charge >= 0.3 is 0 Å². The highest BCUT2D eigenvalue weighted by molar-refractivity contribution is 6.11. The van der Waals surface area contributed by atoms with Crippen LogP contribution in [0.1, 0.15) is 50.2 Å². The third kappa shape index (κ3) is 5.12. The molecule has 3 N–H and O–H groups in total. The van der Waals surface area contributed by atoms with Gasteiger partial charge in [0.15, 0.2) is 0 Å². The molecule has 2 aromatic carbocycles. The molecule has 190 valence electrons. The number of rotatable bonds is 7. The number of fused-ring (bicyclic) bond motifs is 1. The van der Waals surface area contributed by atoms with Crippen LogP contribution >= 0.6 is 0 Å². The van der Waals surface area contributed by atoms with Gasteiger partial charge in [-0.3, -0.25) is 9.79 Å². The van der Waals surface area contributed by atoms with Crippen LogP contribution in [0.2, 0.25) is 0 Å². The molecular formula is C29H36N4O3. The van der Waals surface area contributed by atoms with Crippen LogP contribution in [0.25, 0.3) is 5.57 Å². The van der Waals surface area contributed by atoms with E-state index >= 15 is 0 Å². The Morgan fingerprint density at radius 1 is 1.11 bits per heavy atom. The molecule has 7 nitrogen and oxygen atoms in total. The molecule has 5 rings (SSSR count). The largest absolute Gasteiger partial charge is 0.497 e. The monoisotopic (exact) mass is 488 g/mol. The fourth-order valence-electron chi connectivity index (χ4n) is 5.14. The zero-order valence-corrected chi connectivity index (χ0v) is 21.2. The lowest BCUT2D eigenvalue weighted by molar-refractivity contribution is -0.120. The van der Waals surface area contributed by atoms with Gasteiger partial charge in [-0.1, -0.05) is 6.07 Å². The maximum absolute atomic E-state index is 13.3. The number of nitrogens with zero attached hydrogens (tertiary/aromatic N) is 2. The summed E-state index contributed by atoms with van der Waals surface area (Å²) in [5, 5.41) is 3.38. The number of nitrogens with one attached hydrogen (secondary N) is 1. The minimum Gasteiger partial charge on any atom is -0.497 e. The molecule has 1 amide bonds. The van der Waals surface area contributed by atoms with E-state index in [2.05, 4.69) is 18.3 Å². The molecule has 7 heteroatoms. The average molecular weight is 489 g/mol. The van der Waals surface area contributed by atoms with Gasteiger partial charge in [0.1, 0.15) is 17.2 Å². The highest BCUT2D eigenvalue weighted by Gasteiger charge is 2.39. The first-order chi connectivity index (χ1) is 17.6. The molecule has 0 spiro atoms. The number of allylic oxidation sites excluding steroid dienone is 1. The summed E-state index contributed by atoms with van der Waals surface area (Å²) in [6.07, 6.45) is 9.18. The van der Waals surface area contributed by atoms with E-state index in [4.69, 9.17) is 20.2 Å². The van der Waals surface area contributed by atoms with E-state index in [1.54, 1.807) is 13.3 Å². The molecule has 2 aliphatic heterocycles. The van der Waals surface area contributed by atoms with Crippen molar-refractivity contribution in [3.05, 3.63) is 53.7 Å². The zero-order chi connectivity index (χ0) is 25.1. The summed E-state index contributed by atoms with van der Waals surface area (Å²) < 4.78 is 12.0. The number of hydrogen-bond donors (Lipinski definition) is 2. The molecule has 3 aliphatic rings. The number of carbonyl (C=O) groups excluding carboxylic acids is 1. The number of anilines is 1. The molecular weight excluding hydrogens is 452 g/mol. The highest BCUT2D eigenvalue weighted by atomic mass is 16.5. The number of ether oxygens (including phenoxy) is 2. The molecule has 36 heavy (non-hydrogen) atoms. The van der Waals surface area contributed by atoms with Gasteiger partial charge in [0.2, 0.25) is 5.91 Å². The fraction of sp³-hybridized carbons (Fsp3) is 0.448. The maximum atomic E-state index is 13.3. The van der Waals surface area contributed by atoms with Crippen LogP contribution in [0.3, 0.4) is 0 Å². The van der Waals surface area contributed by atoms with Crippen molar-refractivity contribution in [3.8, 4) is 17.2 Å². The summed E-state index contributed by atoms with van der Waals surface area (Å²) in [5.41, 5.74) is 9.82. The SMILES string of the molecule is COc1cccc(Oc2c(C(C=NC3CCNCC3)=CN)ccc3c2CC[C@H](C)N3C(=O)C2CC2)c1. The molecule has 2 heterocycles. The Morgan fingerprint density at radius 3 is 2.61 bits per heavy atom. The van der Waals surface area contributed by atoms with Crippen LogP contribution in [0, 0.1) is 5.92 Å². The predicted molar refractivity (Wildman–Crippen MR) is 144 cm³/mol. The quantitative estimate of drug-likeness (QED) is 0.552. The van der Waals surface area contributed by atoms with Gasteiger partial charge in [-0.15, -0.1) is 0 Å². The Balaban J connectivity index is 1.57. The Bertz CT molecular complexity index is 1170. The molecule has 0 radical (unpaired) electrons. The number of hydrogen-bond acceptors (Lipinski definition) is 6. The van der Waals surface area contributed by atoms with Crippen LogP contribution in [-0.4, -0.2) is 44.4 Å². The van der Waals surface area contributed by atoms with E-state index in [1.807, 2.05) is 41.4 Å². The van der Waals surface area contributed by atoms with Gasteiger partial charge in [0, 0.05) is 47.1 Å². The number of nitrogens with two attached hydrogens (primary N) is 1. The van der Waals surface area contributed by atoms with Crippen LogP contribution in [0.15, 0.2) is 47.6 Å². The van der Waals surface area contributed by atoms with E-state index in [0.717, 1.165) is 85.5 Å². The predicted octanol–water partition coefficient (Wildman–Crippen LogP) is 4.69. The van der Waals surface area contributed by atoms with Crippen molar-refractivity contribution >= 4 is 23.4 Å². The minimum atomic E-state index is 0.150. The number of amides is 1. The molecule has 0 aromatic heterocycles. The lowest BCUT2D eigenvalue weighted by atomic mass is 9.91. The number of aliphatic imine (C=N–C) groups is 1. The van der Waals surface area contributed by atoms with Crippen LogP contribution in [0.4, 0.5) is 5.69 Å². The number of methoxy groups -OCH3 is 1. The molecule has 2 aromatic rings. The lowest BCUT2D eigenvalue weighted by Gasteiger charge is -2.37. The number of benzene rings is 2. The van der Waals surface area contributed by atoms with E-state index in [-0.39, 0.29) is 23.9 Å². The van der Waals surface area contributed by atoms with Gasteiger partial charge < -0.3 is 25.4 Å². The van der Waals surface area contributed by atoms with E-state index in [9.17, 15) is 4.79 Å². The molecule has 0 unspecified atom stereocenters.